The number of H-pyrrole nitrogens is 1. The third kappa shape index (κ3) is 3.32. The molecule has 0 bridgehead atoms. The smallest absolute Gasteiger partial charge is 0.270 e. The van der Waals surface area contributed by atoms with Gasteiger partial charge in [-0.3, -0.25) is 4.79 Å². The number of hydrogen-bond acceptors (Lipinski definition) is 4. The highest BCUT2D eigenvalue weighted by molar-refractivity contribution is 7.98. The van der Waals surface area contributed by atoms with Crippen molar-refractivity contribution in [3.8, 4) is 28.5 Å². The van der Waals surface area contributed by atoms with E-state index in [0.29, 0.717) is 16.4 Å². The lowest BCUT2D eigenvalue weighted by atomic mass is 9.98. The van der Waals surface area contributed by atoms with Crippen LogP contribution in [0.3, 0.4) is 0 Å². The van der Waals surface area contributed by atoms with E-state index in [4.69, 9.17) is 0 Å². The molecular weight excluding hydrogens is 337 g/mol. The Morgan fingerprint density at radius 1 is 1.16 bits per heavy atom. The minimum atomic E-state index is -0.449. The Labute approximate surface area is 148 Å². The van der Waals surface area contributed by atoms with Crippen molar-refractivity contribution in [2.45, 2.75) is 12.1 Å². The Hall–Kier alpha value is -2.91. The first kappa shape index (κ1) is 16.9. The second-order valence-corrected chi connectivity index (χ2v) is 6.24. The summed E-state index contributed by atoms with van der Waals surface area (Å²) in [5.41, 5.74) is 3.27. The van der Waals surface area contributed by atoms with Gasteiger partial charge in [0.15, 0.2) is 5.16 Å². The number of nitriles is 1. The molecule has 4 nitrogen and oxygen atoms in total. The number of nitrogens with one attached hydrogen (secondary N) is 1. The average molecular weight is 351 g/mol. The van der Waals surface area contributed by atoms with Gasteiger partial charge < -0.3 is 4.98 Å². The molecule has 0 spiro atoms. The Bertz CT molecular complexity index is 1040. The van der Waals surface area contributed by atoms with Crippen molar-refractivity contribution in [3.05, 3.63) is 69.8 Å². The van der Waals surface area contributed by atoms with E-state index in [0.717, 1.165) is 16.7 Å². The molecule has 25 heavy (non-hydrogen) atoms. The number of aryl methyl sites for hydroxylation is 1. The van der Waals surface area contributed by atoms with Crippen LogP contribution in [-0.2, 0) is 0 Å². The molecule has 0 saturated carbocycles. The van der Waals surface area contributed by atoms with Crippen LogP contribution in [-0.4, -0.2) is 16.2 Å². The van der Waals surface area contributed by atoms with Gasteiger partial charge in [-0.15, -0.1) is 0 Å². The summed E-state index contributed by atoms with van der Waals surface area (Å²) in [4.78, 5) is 19.0. The first-order valence-corrected chi connectivity index (χ1v) is 8.71. The van der Waals surface area contributed by atoms with Crippen LogP contribution in [0, 0.1) is 24.1 Å². The van der Waals surface area contributed by atoms with Crippen LogP contribution in [0.25, 0.3) is 22.4 Å². The van der Waals surface area contributed by atoms with Gasteiger partial charge in [0.2, 0.25) is 0 Å². The molecule has 0 atom stereocenters. The number of hydrogen-bond donors (Lipinski definition) is 1. The lowest BCUT2D eigenvalue weighted by Gasteiger charge is -2.09. The number of aromatic nitrogens is 2. The molecular formula is C19H14FN3OS. The van der Waals surface area contributed by atoms with E-state index in [-0.39, 0.29) is 11.4 Å². The van der Waals surface area contributed by atoms with Gasteiger partial charge in [0, 0.05) is 5.56 Å². The zero-order chi connectivity index (χ0) is 18.0. The zero-order valence-corrected chi connectivity index (χ0v) is 14.4. The van der Waals surface area contributed by atoms with Crippen molar-refractivity contribution in [3.63, 3.8) is 0 Å². The monoisotopic (exact) mass is 351 g/mol. The third-order valence-corrected chi connectivity index (χ3v) is 4.44. The number of nitrogens with zero attached hydrogens (tertiary/aromatic N) is 2. The van der Waals surface area contributed by atoms with E-state index >= 15 is 0 Å². The molecule has 124 valence electrons. The number of aromatic amines is 1. The highest BCUT2D eigenvalue weighted by Gasteiger charge is 2.13. The number of benzene rings is 2. The maximum atomic E-state index is 13.3. The minimum absolute atomic E-state index is 0.0106. The van der Waals surface area contributed by atoms with Crippen molar-refractivity contribution in [2.75, 3.05) is 6.26 Å². The van der Waals surface area contributed by atoms with Crippen LogP contribution in [0.5, 0.6) is 0 Å². The molecule has 0 saturated heterocycles. The molecule has 0 fully saturated rings. The summed E-state index contributed by atoms with van der Waals surface area (Å²) in [6.07, 6.45) is 1.80. The maximum absolute atomic E-state index is 13.3. The summed E-state index contributed by atoms with van der Waals surface area (Å²) in [7, 11) is 0. The molecule has 0 aliphatic rings. The van der Waals surface area contributed by atoms with E-state index in [1.165, 1.54) is 23.9 Å². The minimum Gasteiger partial charge on any atom is -0.300 e. The molecule has 2 aromatic carbocycles. The fraction of sp³-hybridized carbons (Fsp3) is 0.105. The SMILES string of the molecule is CSc1nc(-c2ccc(-c3ccc(F)cc3C)cc2)c(C#N)c(=O)[nH]1. The second kappa shape index (κ2) is 6.91. The van der Waals surface area contributed by atoms with Gasteiger partial charge in [0.05, 0.1) is 5.69 Å². The Balaban J connectivity index is 2.08. The van der Waals surface area contributed by atoms with Crippen LogP contribution < -0.4 is 5.56 Å². The molecule has 0 radical (unpaired) electrons. The lowest BCUT2D eigenvalue weighted by molar-refractivity contribution is 0.627. The second-order valence-electron chi connectivity index (χ2n) is 5.45. The van der Waals surface area contributed by atoms with Gasteiger partial charge in [0.25, 0.3) is 5.56 Å². The summed E-state index contributed by atoms with van der Waals surface area (Å²) < 4.78 is 13.3. The third-order valence-electron chi connectivity index (χ3n) is 3.86. The standard InChI is InChI=1S/C19H14FN3OS/c1-11-9-14(20)7-8-15(11)12-3-5-13(6-4-12)17-16(10-21)18(24)23-19(22-17)25-2/h3-9H,1-2H3,(H,22,23,24). The molecule has 6 heteroatoms. The normalized spacial score (nSPS) is 10.5. The van der Waals surface area contributed by atoms with Gasteiger partial charge in [0.1, 0.15) is 17.4 Å². The summed E-state index contributed by atoms with van der Waals surface area (Å²) in [5, 5.41) is 9.72. The first-order valence-electron chi connectivity index (χ1n) is 7.49. The Kier molecular flexibility index (Phi) is 4.68. The van der Waals surface area contributed by atoms with Gasteiger partial charge in [-0.1, -0.05) is 42.1 Å². The molecule has 1 aromatic heterocycles. The largest absolute Gasteiger partial charge is 0.300 e. The number of rotatable bonds is 3. The van der Waals surface area contributed by atoms with Crippen molar-refractivity contribution in [1.29, 1.82) is 5.26 Å². The van der Waals surface area contributed by atoms with E-state index in [2.05, 4.69) is 9.97 Å². The van der Waals surface area contributed by atoms with Crippen molar-refractivity contribution >= 4 is 11.8 Å². The molecule has 1 heterocycles. The highest BCUT2D eigenvalue weighted by Crippen LogP contribution is 2.28. The van der Waals surface area contributed by atoms with Crippen molar-refractivity contribution in [1.82, 2.24) is 9.97 Å². The average Bonchev–Trinajstić information content (AvgIpc) is 2.61. The van der Waals surface area contributed by atoms with Gasteiger partial charge in [-0.2, -0.15) is 5.26 Å². The summed E-state index contributed by atoms with van der Waals surface area (Å²) in [6, 6.07) is 13.9. The Morgan fingerprint density at radius 3 is 2.44 bits per heavy atom. The van der Waals surface area contributed by atoms with E-state index in [9.17, 15) is 14.4 Å². The van der Waals surface area contributed by atoms with Crippen LogP contribution in [0.15, 0.2) is 52.4 Å². The van der Waals surface area contributed by atoms with Gasteiger partial charge in [-0.05, 0) is 42.0 Å². The molecule has 1 N–H and O–H groups in total. The molecule has 0 aliphatic heterocycles. The van der Waals surface area contributed by atoms with E-state index < -0.39 is 5.56 Å². The van der Waals surface area contributed by atoms with Crippen LogP contribution >= 0.6 is 11.8 Å². The van der Waals surface area contributed by atoms with E-state index in [1.807, 2.05) is 37.3 Å². The summed E-state index contributed by atoms with van der Waals surface area (Å²) in [5.74, 6) is -0.270. The van der Waals surface area contributed by atoms with Crippen LogP contribution in [0.4, 0.5) is 4.39 Å². The summed E-state index contributed by atoms with van der Waals surface area (Å²) in [6.45, 7) is 1.85. The topological polar surface area (TPSA) is 69.5 Å². The number of halogens is 1. The maximum Gasteiger partial charge on any atom is 0.270 e. The predicted molar refractivity (Wildman–Crippen MR) is 96.9 cm³/mol. The molecule has 3 rings (SSSR count). The van der Waals surface area contributed by atoms with Crippen molar-refractivity contribution in [2.24, 2.45) is 0 Å². The lowest BCUT2D eigenvalue weighted by Crippen LogP contribution is -2.14. The van der Waals surface area contributed by atoms with Crippen molar-refractivity contribution < 1.29 is 4.39 Å². The molecule has 0 unspecified atom stereocenters. The molecule has 0 aliphatic carbocycles. The predicted octanol–water partition coefficient (Wildman–Crippen LogP) is 4.15. The number of thioether (sulfide) groups is 1. The fourth-order valence-corrected chi connectivity index (χ4v) is 3.00. The zero-order valence-electron chi connectivity index (χ0n) is 13.6. The molecule has 0 amide bonds. The van der Waals surface area contributed by atoms with Gasteiger partial charge >= 0.3 is 0 Å². The van der Waals surface area contributed by atoms with Crippen LogP contribution in [0.1, 0.15) is 11.1 Å². The highest BCUT2D eigenvalue weighted by atomic mass is 32.2. The van der Waals surface area contributed by atoms with Gasteiger partial charge in [-0.25, -0.2) is 9.37 Å². The molecule has 3 aromatic rings. The van der Waals surface area contributed by atoms with E-state index in [1.54, 1.807) is 12.3 Å². The summed E-state index contributed by atoms with van der Waals surface area (Å²) >= 11 is 1.30. The first-order chi connectivity index (χ1) is 12.0. The fourth-order valence-electron chi connectivity index (χ4n) is 2.62. The van der Waals surface area contributed by atoms with Crippen LogP contribution in [0.2, 0.25) is 0 Å². The Morgan fingerprint density at radius 2 is 1.84 bits per heavy atom. The quantitative estimate of drug-likeness (QED) is 0.569.